The van der Waals surface area contributed by atoms with Crippen LogP contribution in [0.2, 0.25) is 0 Å². The van der Waals surface area contributed by atoms with Crippen molar-refractivity contribution < 1.29 is 19.1 Å². The summed E-state index contributed by atoms with van der Waals surface area (Å²) < 4.78 is 5.37. The van der Waals surface area contributed by atoms with Gasteiger partial charge in [-0.05, 0) is 43.0 Å². The molecule has 8 nitrogen and oxygen atoms in total. The normalized spacial score (nSPS) is 17.3. The molecule has 2 aromatic rings. The first kappa shape index (κ1) is 24.6. The molecule has 0 radical (unpaired) electrons. The van der Waals surface area contributed by atoms with Crippen LogP contribution < -0.4 is 15.0 Å². The maximum Gasteiger partial charge on any atom is 0.257 e. The molecule has 8 heteroatoms. The Labute approximate surface area is 206 Å². The minimum atomic E-state index is -0.781. The summed E-state index contributed by atoms with van der Waals surface area (Å²) in [6, 6.07) is 17.0. The van der Waals surface area contributed by atoms with Crippen LogP contribution >= 0.6 is 0 Å². The van der Waals surface area contributed by atoms with Crippen LogP contribution in [0.3, 0.4) is 0 Å². The van der Waals surface area contributed by atoms with E-state index in [0.29, 0.717) is 56.4 Å². The van der Waals surface area contributed by atoms with E-state index < -0.39 is 5.54 Å². The molecule has 0 bridgehead atoms. The van der Waals surface area contributed by atoms with E-state index in [1.807, 2.05) is 56.3 Å². The van der Waals surface area contributed by atoms with E-state index in [1.54, 1.807) is 29.0 Å². The Morgan fingerprint density at radius 3 is 2.34 bits per heavy atom. The van der Waals surface area contributed by atoms with Gasteiger partial charge in [-0.25, -0.2) is 0 Å². The topological polar surface area (TPSA) is 82.2 Å². The Morgan fingerprint density at radius 2 is 1.69 bits per heavy atom. The smallest absolute Gasteiger partial charge is 0.257 e. The number of methoxy groups -OCH3 is 1. The van der Waals surface area contributed by atoms with Gasteiger partial charge in [-0.3, -0.25) is 14.4 Å². The molecule has 3 amide bonds. The van der Waals surface area contributed by atoms with Crippen LogP contribution in [0.5, 0.6) is 5.75 Å². The number of nitrogens with one attached hydrogen (secondary N) is 1. The maximum absolute atomic E-state index is 13.8. The van der Waals surface area contributed by atoms with Gasteiger partial charge in [0.1, 0.15) is 17.8 Å². The van der Waals surface area contributed by atoms with E-state index >= 15 is 0 Å². The molecule has 0 aliphatic carbocycles. The highest BCUT2D eigenvalue weighted by molar-refractivity contribution is 5.99. The van der Waals surface area contributed by atoms with E-state index in [-0.39, 0.29) is 24.3 Å². The average Bonchev–Trinajstić information content (AvgIpc) is 3.14. The number of anilines is 1. The Balaban J connectivity index is 1.53. The van der Waals surface area contributed by atoms with Crippen LogP contribution in [0, 0.1) is 5.92 Å². The molecule has 2 saturated heterocycles. The molecule has 0 saturated carbocycles. The molecular formula is C27H34N4O4. The van der Waals surface area contributed by atoms with Crippen LogP contribution in [0.1, 0.15) is 37.0 Å². The zero-order valence-electron chi connectivity index (χ0n) is 20.7. The molecule has 0 aromatic heterocycles. The standard InChI is InChI=1S/C27H34N4O4/c1-20(2)17-28-24(32)18-30-19-31(21-9-5-4-6-10-21)27(26(30)34)13-15-29(16-14-27)25(33)22-11-7-8-12-23(22)35-3/h4-12,20H,13-19H2,1-3H3,(H,28,32). The Hall–Kier alpha value is -3.55. The summed E-state index contributed by atoms with van der Waals surface area (Å²) >= 11 is 0. The number of hydrogen-bond acceptors (Lipinski definition) is 5. The third-order valence-corrected chi connectivity index (χ3v) is 6.84. The number of piperidine rings is 1. The number of hydrogen-bond donors (Lipinski definition) is 1. The van der Waals surface area contributed by atoms with Gasteiger partial charge >= 0.3 is 0 Å². The highest BCUT2D eigenvalue weighted by atomic mass is 16.5. The lowest BCUT2D eigenvalue weighted by Gasteiger charge is -2.43. The summed E-state index contributed by atoms with van der Waals surface area (Å²) in [4.78, 5) is 45.1. The van der Waals surface area contributed by atoms with Gasteiger partial charge in [0.25, 0.3) is 11.8 Å². The molecule has 2 aliphatic heterocycles. The third kappa shape index (κ3) is 4.97. The van der Waals surface area contributed by atoms with Crippen molar-refractivity contribution in [2.24, 2.45) is 5.92 Å². The van der Waals surface area contributed by atoms with Gasteiger partial charge in [-0.1, -0.05) is 44.2 Å². The van der Waals surface area contributed by atoms with Gasteiger partial charge in [0, 0.05) is 25.3 Å². The number of carbonyl (C=O) groups excluding carboxylic acids is 3. The number of nitrogens with zero attached hydrogens (tertiary/aromatic N) is 3. The first-order chi connectivity index (χ1) is 16.9. The molecule has 186 valence electrons. The summed E-state index contributed by atoms with van der Waals surface area (Å²) in [5.74, 6) is 0.579. The monoisotopic (exact) mass is 478 g/mol. The zero-order valence-corrected chi connectivity index (χ0v) is 20.7. The fourth-order valence-corrected chi connectivity index (χ4v) is 4.94. The minimum absolute atomic E-state index is 0.0283. The number of benzene rings is 2. The van der Waals surface area contributed by atoms with E-state index in [9.17, 15) is 14.4 Å². The molecule has 4 rings (SSSR count). The molecule has 2 fully saturated rings. The summed E-state index contributed by atoms with van der Waals surface area (Å²) in [5, 5.41) is 2.91. The van der Waals surface area contributed by atoms with Gasteiger partial charge in [0.2, 0.25) is 5.91 Å². The molecule has 0 atom stereocenters. The van der Waals surface area contributed by atoms with Crippen LogP contribution in [-0.2, 0) is 9.59 Å². The fraction of sp³-hybridized carbons (Fsp3) is 0.444. The predicted molar refractivity (Wildman–Crippen MR) is 134 cm³/mol. The molecule has 0 unspecified atom stereocenters. The summed E-state index contributed by atoms with van der Waals surface area (Å²) in [7, 11) is 1.55. The van der Waals surface area contributed by atoms with Crippen molar-refractivity contribution in [2.45, 2.75) is 32.2 Å². The quantitative estimate of drug-likeness (QED) is 0.662. The largest absolute Gasteiger partial charge is 0.496 e. The Kier molecular flexibility index (Phi) is 7.28. The van der Waals surface area contributed by atoms with Crippen LogP contribution in [0.4, 0.5) is 5.69 Å². The number of likely N-dealkylation sites (tertiary alicyclic amines) is 1. The SMILES string of the molecule is COc1ccccc1C(=O)N1CCC2(CC1)C(=O)N(CC(=O)NCC(C)C)CN2c1ccccc1. The minimum Gasteiger partial charge on any atom is -0.496 e. The lowest BCUT2D eigenvalue weighted by atomic mass is 9.85. The Bertz CT molecular complexity index is 1060. The first-order valence-corrected chi connectivity index (χ1v) is 12.2. The third-order valence-electron chi connectivity index (χ3n) is 6.84. The van der Waals surface area contributed by atoms with E-state index in [1.165, 1.54) is 0 Å². The average molecular weight is 479 g/mol. The van der Waals surface area contributed by atoms with Crippen molar-refractivity contribution in [3.63, 3.8) is 0 Å². The van der Waals surface area contributed by atoms with Crippen molar-refractivity contribution in [2.75, 3.05) is 44.9 Å². The van der Waals surface area contributed by atoms with Crippen molar-refractivity contribution in [3.8, 4) is 5.75 Å². The Morgan fingerprint density at radius 1 is 1.03 bits per heavy atom. The molecular weight excluding hydrogens is 444 g/mol. The summed E-state index contributed by atoms with van der Waals surface area (Å²) in [5.41, 5.74) is 0.680. The van der Waals surface area contributed by atoms with Crippen LogP contribution in [0.25, 0.3) is 0 Å². The second-order valence-electron chi connectivity index (χ2n) is 9.63. The molecule has 2 aliphatic rings. The van der Waals surface area contributed by atoms with Gasteiger partial charge in [-0.15, -0.1) is 0 Å². The van der Waals surface area contributed by atoms with Crippen LogP contribution in [-0.4, -0.2) is 73.0 Å². The predicted octanol–water partition coefficient (Wildman–Crippen LogP) is 2.75. The number of carbonyl (C=O) groups is 3. The van der Waals surface area contributed by atoms with Gasteiger partial charge < -0.3 is 24.8 Å². The highest BCUT2D eigenvalue weighted by Gasteiger charge is 2.54. The lowest BCUT2D eigenvalue weighted by molar-refractivity contribution is -0.137. The molecule has 35 heavy (non-hydrogen) atoms. The van der Waals surface area contributed by atoms with Crippen molar-refractivity contribution >= 4 is 23.4 Å². The summed E-state index contributed by atoms with van der Waals surface area (Å²) in [6.45, 7) is 5.91. The van der Waals surface area contributed by atoms with E-state index in [2.05, 4.69) is 10.2 Å². The van der Waals surface area contributed by atoms with Gasteiger partial charge in [0.05, 0.1) is 19.3 Å². The first-order valence-electron chi connectivity index (χ1n) is 12.2. The summed E-state index contributed by atoms with van der Waals surface area (Å²) in [6.07, 6.45) is 0.984. The maximum atomic E-state index is 13.8. The van der Waals surface area contributed by atoms with Crippen molar-refractivity contribution in [1.29, 1.82) is 0 Å². The fourth-order valence-electron chi connectivity index (χ4n) is 4.94. The van der Waals surface area contributed by atoms with E-state index in [0.717, 1.165) is 5.69 Å². The molecule has 1 N–H and O–H groups in total. The molecule has 1 spiro atoms. The lowest BCUT2D eigenvalue weighted by Crippen LogP contribution is -2.57. The van der Waals surface area contributed by atoms with Gasteiger partial charge in [-0.2, -0.15) is 0 Å². The van der Waals surface area contributed by atoms with Gasteiger partial charge in [0.15, 0.2) is 0 Å². The number of ether oxygens (including phenoxy) is 1. The van der Waals surface area contributed by atoms with Crippen molar-refractivity contribution in [3.05, 3.63) is 60.2 Å². The zero-order chi connectivity index (χ0) is 25.0. The highest BCUT2D eigenvalue weighted by Crippen LogP contribution is 2.39. The van der Waals surface area contributed by atoms with E-state index in [4.69, 9.17) is 4.74 Å². The van der Waals surface area contributed by atoms with Crippen molar-refractivity contribution in [1.82, 2.24) is 15.1 Å². The molecule has 2 aromatic carbocycles. The number of amides is 3. The number of rotatable bonds is 7. The second kappa shape index (κ2) is 10.4. The number of para-hydroxylation sites is 2. The van der Waals surface area contributed by atoms with Crippen LogP contribution in [0.15, 0.2) is 54.6 Å². The molecule has 2 heterocycles. The second-order valence-corrected chi connectivity index (χ2v) is 9.63.